The van der Waals surface area contributed by atoms with E-state index in [9.17, 15) is 4.79 Å². The van der Waals surface area contributed by atoms with E-state index in [1.54, 1.807) is 6.92 Å². The van der Waals surface area contributed by atoms with Crippen LogP contribution in [0.4, 0.5) is 0 Å². The Balaban J connectivity index is 0. The number of carbonyl (C=O) groups is 1. The molecule has 0 heterocycles. The highest BCUT2D eigenvalue weighted by Crippen LogP contribution is 2.13. The summed E-state index contributed by atoms with van der Waals surface area (Å²) < 4.78 is 24.7. The SMILES string of the molecule is C=CC(=O)OCC.C=CCOOCO.CCOc1ccc(C)cc1.CCOc1ccc(C)cc1.CCc1ccc(CCCCOCO)cc1.CCc1ccc(OCO)cc1. The van der Waals surface area contributed by atoms with Gasteiger partial charge in [-0.3, -0.25) is 0 Å². The topological polar surface area (TPSA) is 142 Å². The van der Waals surface area contributed by atoms with Gasteiger partial charge < -0.3 is 39.0 Å². The number of unbranched alkanes of at least 4 members (excludes halogenated alkanes) is 1. The van der Waals surface area contributed by atoms with Gasteiger partial charge in [0.05, 0.1) is 19.8 Å². The molecule has 4 rings (SSSR count). The first kappa shape index (κ1) is 57.1. The number of aliphatic hydroxyl groups excluding tert-OH is 3. The van der Waals surface area contributed by atoms with Crippen LogP contribution in [-0.4, -0.2) is 74.7 Å². The number of esters is 1. The molecular weight excluding hydrogens is 765 g/mol. The van der Waals surface area contributed by atoms with Crippen molar-refractivity contribution >= 4 is 5.97 Å². The summed E-state index contributed by atoms with van der Waals surface area (Å²) in [6.45, 7) is 22.7. The summed E-state index contributed by atoms with van der Waals surface area (Å²) in [5.41, 5.74) is 6.58. The van der Waals surface area contributed by atoms with E-state index in [4.69, 9.17) is 34.3 Å². The number of rotatable bonds is 20. The molecule has 0 aliphatic heterocycles. The maximum absolute atomic E-state index is 10.1. The van der Waals surface area contributed by atoms with Gasteiger partial charge in [-0.2, -0.15) is 0 Å². The first-order valence-electron chi connectivity index (χ1n) is 20.3. The summed E-state index contributed by atoms with van der Waals surface area (Å²) in [7, 11) is 0. The molecule has 0 amide bonds. The summed E-state index contributed by atoms with van der Waals surface area (Å²) >= 11 is 0. The molecule has 11 heteroatoms. The number of hydrogen-bond acceptors (Lipinski definition) is 11. The lowest BCUT2D eigenvalue weighted by Crippen LogP contribution is -1.97. The van der Waals surface area contributed by atoms with Crippen molar-refractivity contribution in [2.45, 2.75) is 80.6 Å². The minimum atomic E-state index is -0.409. The number of ether oxygens (including phenoxy) is 5. The Labute approximate surface area is 360 Å². The first-order chi connectivity index (χ1) is 29.1. The van der Waals surface area contributed by atoms with Gasteiger partial charge in [0.2, 0.25) is 0 Å². The van der Waals surface area contributed by atoms with Crippen molar-refractivity contribution in [2.75, 3.05) is 53.4 Å². The van der Waals surface area contributed by atoms with Crippen molar-refractivity contribution in [3.8, 4) is 17.2 Å². The average molecular weight is 837 g/mol. The highest BCUT2D eigenvalue weighted by molar-refractivity contribution is 5.81. The third-order valence-corrected chi connectivity index (χ3v) is 7.53. The van der Waals surface area contributed by atoms with E-state index >= 15 is 0 Å². The van der Waals surface area contributed by atoms with Gasteiger partial charge in [-0.05, 0) is 120 Å². The standard InChI is InChI=1S/C13H20O2.C9H12O2.2C9H12O.C5H8O2.C4H8O3/c1-2-12-6-8-13(9-7-12)5-3-4-10-15-11-14;1-2-8-3-5-9(6-4-8)11-7-10;2*1-3-10-9-6-4-8(2)5-7-9;1-3-5(6)7-4-2;1-2-3-6-7-4-5/h6-9,14H,2-5,10-11H2,1H3;3-6,10H,2,7H2,1H3;2*4-7H,3H2,1-2H3;3H,1,4H2,2H3;2,5H,1,3-4H2. The van der Waals surface area contributed by atoms with Crippen LogP contribution in [0.25, 0.3) is 0 Å². The fourth-order valence-electron chi connectivity index (χ4n) is 4.37. The molecule has 0 atom stereocenters. The number of carbonyl (C=O) groups excluding carboxylic acids is 1. The Morgan fingerprint density at radius 2 is 1.00 bits per heavy atom. The summed E-state index contributed by atoms with van der Waals surface area (Å²) in [5.74, 6) is 2.26. The molecule has 0 bridgehead atoms. The van der Waals surface area contributed by atoms with Crippen LogP contribution in [0.2, 0.25) is 0 Å². The minimum Gasteiger partial charge on any atom is -0.494 e. The normalized spacial score (nSPS) is 9.43. The van der Waals surface area contributed by atoms with E-state index < -0.39 is 6.79 Å². The fraction of sp³-hybridized carbons (Fsp3) is 0.408. The first-order valence-corrected chi connectivity index (χ1v) is 20.3. The second kappa shape index (κ2) is 42.1. The largest absolute Gasteiger partial charge is 0.494 e. The highest BCUT2D eigenvalue weighted by atomic mass is 17.2. The Kier molecular flexibility index (Phi) is 40.1. The van der Waals surface area contributed by atoms with E-state index in [1.165, 1.54) is 33.9 Å². The number of aryl methyl sites for hydroxylation is 5. The van der Waals surface area contributed by atoms with Crippen LogP contribution in [0.5, 0.6) is 17.2 Å². The van der Waals surface area contributed by atoms with Crippen LogP contribution in [0.15, 0.2) is 122 Å². The van der Waals surface area contributed by atoms with Crippen LogP contribution >= 0.6 is 0 Å². The molecule has 0 unspecified atom stereocenters. The molecule has 0 fully saturated rings. The van der Waals surface area contributed by atoms with Crippen molar-refractivity contribution in [1.29, 1.82) is 0 Å². The molecule has 0 aliphatic rings. The van der Waals surface area contributed by atoms with Gasteiger partial charge in [0, 0.05) is 12.7 Å². The minimum absolute atomic E-state index is 0.162. The van der Waals surface area contributed by atoms with Gasteiger partial charge >= 0.3 is 5.97 Å². The zero-order valence-electron chi connectivity index (χ0n) is 37.1. The fourth-order valence-corrected chi connectivity index (χ4v) is 4.37. The zero-order valence-corrected chi connectivity index (χ0v) is 37.1. The molecule has 0 aromatic heterocycles. The van der Waals surface area contributed by atoms with Gasteiger partial charge in [-0.1, -0.05) is 98.3 Å². The molecule has 0 aliphatic carbocycles. The smallest absolute Gasteiger partial charge is 0.330 e. The monoisotopic (exact) mass is 837 g/mol. The molecule has 0 saturated carbocycles. The summed E-state index contributed by atoms with van der Waals surface area (Å²) in [5, 5.41) is 24.8. The van der Waals surface area contributed by atoms with Gasteiger partial charge in [0.15, 0.2) is 13.6 Å². The molecule has 0 saturated heterocycles. The number of hydrogen-bond donors (Lipinski definition) is 3. The lowest BCUT2D eigenvalue weighted by Gasteiger charge is -2.03. The predicted octanol–water partition coefficient (Wildman–Crippen LogP) is 9.71. The van der Waals surface area contributed by atoms with E-state index in [1.807, 2.05) is 86.6 Å². The molecule has 4 aromatic rings. The third-order valence-electron chi connectivity index (χ3n) is 7.53. The van der Waals surface area contributed by atoms with Crippen LogP contribution in [-0.2, 0) is 43.3 Å². The van der Waals surface area contributed by atoms with Gasteiger partial charge in [0.25, 0.3) is 0 Å². The van der Waals surface area contributed by atoms with E-state index in [0.717, 1.165) is 62.9 Å². The van der Waals surface area contributed by atoms with Crippen LogP contribution in [0, 0.1) is 13.8 Å². The van der Waals surface area contributed by atoms with Crippen LogP contribution in [0.1, 0.15) is 75.3 Å². The van der Waals surface area contributed by atoms with E-state index in [2.05, 4.69) is 79.6 Å². The maximum Gasteiger partial charge on any atom is 0.330 e. The zero-order chi connectivity index (χ0) is 45.1. The molecule has 334 valence electrons. The summed E-state index contributed by atoms with van der Waals surface area (Å²) in [6, 6.07) is 32.6. The number of aliphatic hydroxyl groups is 3. The van der Waals surface area contributed by atoms with Crippen molar-refractivity contribution in [3.63, 3.8) is 0 Å². The van der Waals surface area contributed by atoms with Gasteiger partial charge in [0.1, 0.15) is 30.6 Å². The Hall–Kier alpha value is -5.01. The molecule has 3 N–H and O–H groups in total. The second-order valence-electron chi connectivity index (χ2n) is 12.2. The van der Waals surface area contributed by atoms with Crippen molar-refractivity contribution in [1.82, 2.24) is 0 Å². The lowest BCUT2D eigenvalue weighted by molar-refractivity contribution is -0.321. The van der Waals surface area contributed by atoms with E-state index in [0.29, 0.717) is 25.6 Å². The Morgan fingerprint density at radius 3 is 1.37 bits per heavy atom. The Morgan fingerprint density at radius 1 is 0.550 bits per heavy atom. The summed E-state index contributed by atoms with van der Waals surface area (Å²) in [6.07, 6.45) is 8.02. The molecule has 0 radical (unpaired) electrons. The van der Waals surface area contributed by atoms with Crippen LogP contribution in [0.3, 0.4) is 0 Å². The lowest BCUT2D eigenvalue weighted by atomic mass is 10.1. The Bertz CT molecular complexity index is 1490. The highest BCUT2D eigenvalue weighted by Gasteiger charge is 1.95. The molecule has 11 nitrogen and oxygen atoms in total. The molecule has 0 spiro atoms. The van der Waals surface area contributed by atoms with E-state index in [-0.39, 0.29) is 19.6 Å². The van der Waals surface area contributed by atoms with Crippen molar-refractivity contribution in [3.05, 3.63) is 150 Å². The van der Waals surface area contributed by atoms with Crippen LogP contribution < -0.4 is 14.2 Å². The van der Waals surface area contributed by atoms with Crippen molar-refractivity contribution < 1.29 is 53.6 Å². The quantitative estimate of drug-likeness (QED) is 0.0149. The average Bonchev–Trinajstić information content (AvgIpc) is 3.27. The van der Waals surface area contributed by atoms with Gasteiger partial charge in [-0.15, -0.1) is 6.58 Å². The number of benzene rings is 4. The second-order valence-corrected chi connectivity index (χ2v) is 12.2. The molecular formula is C49H72O11. The molecule has 60 heavy (non-hydrogen) atoms. The summed E-state index contributed by atoms with van der Waals surface area (Å²) in [4.78, 5) is 18.4. The predicted molar refractivity (Wildman–Crippen MR) is 241 cm³/mol. The van der Waals surface area contributed by atoms with Crippen molar-refractivity contribution in [2.24, 2.45) is 0 Å². The molecule has 4 aromatic carbocycles. The maximum atomic E-state index is 10.1. The third kappa shape index (κ3) is 35.0. The van der Waals surface area contributed by atoms with Gasteiger partial charge in [-0.25, -0.2) is 14.6 Å².